The molecule has 0 aromatic rings. The third kappa shape index (κ3) is 2.05. The second-order valence-corrected chi connectivity index (χ2v) is 4.92. The standard InChI is InChI=1S/C12H24N2/c1-9(2)11-12(10(3)4)14(6)8-7-13(11)5/h9-10H,7-8H2,1-6H3. The van der Waals surface area contributed by atoms with Crippen LogP contribution in [-0.2, 0) is 0 Å². The average molecular weight is 196 g/mol. The van der Waals surface area contributed by atoms with Gasteiger partial charge in [0.2, 0.25) is 0 Å². The van der Waals surface area contributed by atoms with Crippen molar-refractivity contribution < 1.29 is 0 Å². The highest BCUT2D eigenvalue weighted by Crippen LogP contribution is 2.28. The molecule has 0 radical (unpaired) electrons. The van der Waals surface area contributed by atoms with E-state index in [1.54, 1.807) is 0 Å². The molecule has 0 atom stereocenters. The molecule has 0 bridgehead atoms. The SMILES string of the molecule is CC(C)C1=C(C(C)C)N(C)CCN1C. The molecule has 2 heteroatoms. The molecule has 0 spiro atoms. The molecule has 1 rings (SSSR count). The zero-order valence-corrected chi connectivity index (χ0v) is 10.5. The van der Waals surface area contributed by atoms with Gasteiger partial charge in [-0.1, -0.05) is 27.7 Å². The van der Waals surface area contributed by atoms with E-state index in [1.807, 2.05) is 0 Å². The van der Waals surface area contributed by atoms with Crippen molar-refractivity contribution in [2.45, 2.75) is 27.7 Å². The molecule has 1 heterocycles. The highest BCUT2D eigenvalue weighted by Gasteiger charge is 2.24. The molecule has 0 N–H and O–H groups in total. The first-order valence-electron chi connectivity index (χ1n) is 5.61. The molecule has 0 saturated carbocycles. The summed E-state index contributed by atoms with van der Waals surface area (Å²) >= 11 is 0. The molecule has 1 aliphatic heterocycles. The number of likely N-dealkylation sites (N-methyl/N-ethyl adjacent to an activating group) is 2. The Morgan fingerprint density at radius 3 is 1.29 bits per heavy atom. The minimum absolute atomic E-state index is 0.625. The van der Waals surface area contributed by atoms with Crippen molar-refractivity contribution in [2.75, 3.05) is 27.2 Å². The van der Waals surface area contributed by atoms with Crippen LogP contribution in [0.5, 0.6) is 0 Å². The summed E-state index contributed by atoms with van der Waals surface area (Å²) < 4.78 is 0. The Labute approximate surface area is 88.6 Å². The molecule has 0 aromatic carbocycles. The molecule has 0 fully saturated rings. The Hall–Kier alpha value is -0.660. The number of hydrogen-bond donors (Lipinski definition) is 0. The van der Waals surface area contributed by atoms with Crippen molar-refractivity contribution in [3.8, 4) is 0 Å². The van der Waals surface area contributed by atoms with Gasteiger partial charge in [-0.3, -0.25) is 0 Å². The first kappa shape index (κ1) is 11.4. The van der Waals surface area contributed by atoms with E-state index in [9.17, 15) is 0 Å². The van der Waals surface area contributed by atoms with E-state index in [1.165, 1.54) is 11.4 Å². The Balaban J connectivity index is 3.10. The minimum atomic E-state index is 0.625. The van der Waals surface area contributed by atoms with Gasteiger partial charge in [-0.15, -0.1) is 0 Å². The highest BCUT2D eigenvalue weighted by atomic mass is 15.2. The van der Waals surface area contributed by atoms with Gasteiger partial charge in [-0.25, -0.2) is 0 Å². The van der Waals surface area contributed by atoms with Gasteiger partial charge in [0.05, 0.1) is 0 Å². The molecule has 0 saturated heterocycles. The average Bonchev–Trinajstić information content (AvgIpc) is 2.07. The molecule has 0 aromatic heterocycles. The lowest BCUT2D eigenvalue weighted by atomic mass is 9.97. The lowest BCUT2D eigenvalue weighted by Crippen LogP contribution is -2.41. The maximum Gasteiger partial charge on any atom is 0.0354 e. The quantitative estimate of drug-likeness (QED) is 0.669. The van der Waals surface area contributed by atoms with E-state index in [2.05, 4.69) is 51.6 Å². The molecule has 1 aliphatic rings. The fourth-order valence-corrected chi connectivity index (χ4v) is 2.41. The van der Waals surface area contributed by atoms with Gasteiger partial charge in [0.1, 0.15) is 0 Å². The van der Waals surface area contributed by atoms with E-state index in [0.29, 0.717) is 11.8 Å². The maximum atomic E-state index is 2.42. The number of nitrogens with zero attached hydrogens (tertiary/aromatic N) is 2. The molecular weight excluding hydrogens is 172 g/mol. The lowest BCUT2D eigenvalue weighted by Gasteiger charge is -2.40. The van der Waals surface area contributed by atoms with Crippen LogP contribution in [0.15, 0.2) is 11.4 Å². The Kier molecular flexibility index (Phi) is 3.46. The Morgan fingerprint density at radius 1 is 0.786 bits per heavy atom. The number of rotatable bonds is 2. The predicted molar refractivity (Wildman–Crippen MR) is 62.0 cm³/mol. The highest BCUT2D eigenvalue weighted by molar-refractivity contribution is 5.18. The summed E-state index contributed by atoms with van der Waals surface area (Å²) in [7, 11) is 4.43. The summed E-state index contributed by atoms with van der Waals surface area (Å²) in [6.45, 7) is 11.4. The zero-order valence-electron chi connectivity index (χ0n) is 10.5. The molecule has 82 valence electrons. The lowest BCUT2D eigenvalue weighted by molar-refractivity contribution is 0.234. The molecule has 14 heavy (non-hydrogen) atoms. The van der Waals surface area contributed by atoms with Crippen molar-refractivity contribution in [1.82, 2.24) is 9.80 Å². The van der Waals surface area contributed by atoms with Gasteiger partial charge in [-0.2, -0.15) is 0 Å². The molecule has 0 unspecified atom stereocenters. The van der Waals surface area contributed by atoms with E-state index in [4.69, 9.17) is 0 Å². The van der Waals surface area contributed by atoms with Crippen molar-refractivity contribution in [3.05, 3.63) is 11.4 Å². The van der Waals surface area contributed by atoms with Gasteiger partial charge < -0.3 is 9.80 Å². The second-order valence-electron chi connectivity index (χ2n) is 4.92. The van der Waals surface area contributed by atoms with E-state index in [0.717, 1.165) is 13.1 Å². The van der Waals surface area contributed by atoms with Crippen LogP contribution in [0, 0.1) is 11.8 Å². The third-order valence-corrected chi connectivity index (χ3v) is 2.95. The Bertz CT molecular complexity index is 204. The topological polar surface area (TPSA) is 6.48 Å². The van der Waals surface area contributed by atoms with Crippen LogP contribution in [0.25, 0.3) is 0 Å². The molecule has 0 aliphatic carbocycles. The largest absolute Gasteiger partial charge is 0.375 e. The van der Waals surface area contributed by atoms with Crippen LogP contribution in [0.3, 0.4) is 0 Å². The van der Waals surface area contributed by atoms with E-state index >= 15 is 0 Å². The van der Waals surface area contributed by atoms with Crippen LogP contribution in [0.2, 0.25) is 0 Å². The van der Waals surface area contributed by atoms with Crippen LogP contribution in [0.4, 0.5) is 0 Å². The third-order valence-electron chi connectivity index (χ3n) is 2.95. The summed E-state index contributed by atoms with van der Waals surface area (Å²) in [6.07, 6.45) is 0. The van der Waals surface area contributed by atoms with E-state index in [-0.39, 0.29) is 0 Å². The minimum Gasteiger partial charge on any atom is -0.375 e. The first-order chi connectivity index (χ1) is 6.45. The summed E-state index contributed by atoms with van der Waals surface area (Å²) in [4.78, 5) is 4.83. The maximum absolute atomic E-state index is 2.42. The smallest absolute Gasteiger partial charge is 0.0354 e. The normalized spacial score (nSPS) is 18.9. The van der Waals surface area contributed by atoms with Crippen molar-refractivity contribution in [1.29, 1.82) is 0 Å². The zero-order chi connectivity index (χ0) is 10.9. The predicted octanol–water partition coefficient (Wildman–Crippen LogP) is 2.39. The van der Waals surface area contributed by atoms with Crippen LogP contribution in [0.1, 0.15) is 27.7 Å². The number of allylic oxidation sites excluding steroid dienone is 2. The van der Waals surface area contributed by atoms with Gasteiger partial charge in [0.25, 0.3) is 0 Å². The summed E-state index contributed by atoms with van der Waals surface area (Å²) in [6, 6.07) is 0. The van der Waals surface area contributed by atoms with Crippen LogP contribution >= 0.6 is 0 Å². The second kappa shape index (κ2) is 4.24. The monoisotopic (exact) mass is 196 g/mol. The Morgan fingerprint density at radius 2 is 1.07 bits per heavy atom. The van der Waals surface area contributed by atoms with Gasteiger partial charge >= 0.3 is 0 Å². The fraction of sp³-hybridized carbons (Fsp3) is 0.833. The van der Waals surface area contributed by atoms with Crippen molar-refractivity contribution in [3.63, 3.8) is 0 Å². The molecule has 0 amide bonds. The van der Waals surface area contributed by atoms with Gasteiger partial charge in [-0.05, 0) is 11.8 Å². The van der Waals surface area contributed by atoms with Gasteiger partial charge in [0.15, 0.2) is 0 Å². The fourth-order valence-electron chi connectivity index (χ4n) is 2.41. The van der Waals surface area contributed by atoms with Crippen LogP contribution < -0.4 is 0 Å². The summed E-state index contributed by atoms with van der Waals surface area (Å²) in [5, 5.41) is 0. The molecule has 2 nitrogen and oxygen atoms in total. The summed E-state index contributed by atoms with van der Waals surface area (Å²) in [5.41, 5.74) is 3.04. The van der Waals surface area contributed by atoms with E-state index < -0.39 is 0 Å². The van der Waals surface area contributed by atoms with Gasteiger partial charge in [0, 0.05) is 38.6 Å². The summed E-state index contributed by atoms with van der Waals surface area (Å²) in [5.74, 6) is 1.25. The number of hydrogen-bond acceptors (Lipinski definition) is 2. The van der Waals surface area contributed by atoms with Crippen molar-refractivity contribution >= 4 is 0 Å². The van der Waals surface area contributed by atoms with Crippen molar-refractivity contribution in [2.24, 2.45) is 11.8 Å². The first-order valence-corrected chi connectivity index (χ1v) is 5.61. The molecular formula is C12H24N2. The van der Waals surface area contributed by atoms with Crippen LogP contribution in [-0.4, -0.2) is 37.0 Å².